The van der Waals surface area contributed by atoms with E-state index in [2.05, 4.69) is 22.2 Å². The molecule has 2 amide bonds. The number of thiophene rings is 1. The molecule has 3 heterocycles. The van der Waals surface area contributed by atoms with Crippen molar-refractivity contribution >= 4 is 28.2 Å². The Morgan fingerprint density at radius 2 is 2.19 bits per heavy atom. The van der Waals surface area contributed by atoms with Crippen molar-refractivity contribution in [2.45, 2.75) is 46.2 Å². The predicted molar refractivity (Wildman–Crippen MR) is 103 cm³/mol. The Hall–Kier alpha value is -2.19. The lowest BCUT2D eigenvalue weighted by atomic mass is 10.0. The Morgan fingerprint density at radius 1 is 1.42 bits per heavy atom. The molecule has 0 fully saturated rings. The van der Waals surface area contributed by atoms with E-state index in [1.54, 1.807) is 16.9 Å². The number of hydrogen-bond acceptors (Lipinski definition) is 5. The molecule has 3 rings (SSSR count). The molecule has 0 spiro atoms. The molecule has 0 radical (unpaired) electrons. The van der Waals surface area contributed by atoms with Gasteiger partial charge in [0.05, 0.1) is 5.56 Å². The minimum Gasteiger partial charge on any atom is -0.365 e. The SMILES string of the molecule is CCCN1CCc2c(sc(NC(=O)c3ccnn3C(C)C)c2C(N)=O)C1. The number of fused-ring (bicyclic) bond motifs is 1. The summed E-state index contributed by atoms with van der Waals surface area (Å²) in [4.78, 5) is 28.3. The second-order valence-corrected chi connectivity index (χ2v) is 7.91. The minimum atomic E-state index is -0.487. The van der Waals surface area contributed by atoms with E-state index in [-0.39, 0.29) is 11.9 Å². The molecule has 140 valence electrons. The molecule has 0 saturated carbocycles. The Labute approximate surface area is 157 Å². The average Bonchev–Trinajstić information content (AvgIpc) is 3.18. The van der Waals surface area contributed by atoms with Crippen LogP contribution in [0.1, 0.15) is 64.5 Å². The largest absolute Gasteiger partial charge is 0.365 e. The van der Waals surface area contributed by atoms with Crippen LogP contribution in [-0.4, -0.2) is 39.6 Å². The van der Waals surface area contributed by atoms with E-state index in [1.807, 2.05) is 13.8 Å². The first-order valence-electron chi connectivity index (χ1n) is 8.93. The highest BCUT2D eigenvalue weighted by Crippen LogP contribution is 2.37. The molecule has 2 aromatic rings. The Bertz CT molecular complexity index is 824. The van der Waals surface area contributed by atoms with Crippen LogP contribution < -0.4 is 11.1 Å². The first-order chi connectivity index (χ1) is 12.4. The zero-order chi connectivity index (χ0) is 18.8. The van der Waals surface area contributed by atoms with Crippen molar-refractivity contribution in [3.63, 3.8) is 0 Å². The fourth-order valence-corrected chi connectivity index (χ4v) is 4.68. The van der Waals surface area contributed by atoms with Crippen LogP contribution >= 0.6 is 11.3 Å². The number of nitrogens with one attached hydrogen (secondary N) is 1. The molecule has 0 unspecified atom stereocenters. The maximum Gasteiger partial charge on any atom is 0.274 e. The van der Waals surface area contributed by atoms with Crippen LogP contribution in [0, 0.1) is 0 Å². The van der Waals surface area contributed by atoms with Crippen LogP contribution in [0.5, 0.6) is 0 Å². The number of carbonyl (C=O) groups excluding carboxylic acids is 2. The van der Waals surface area contributed by atoms with Crippen molar-refractivity contribution in [3.8, 4) is 0 Å². The highest BCUT2D eigenvalue weighted by atomic mass is 32.1. The number of carbonyl (C=O) groups is 2. The van der Waals surface area contributed by atoms with Gasteiger partial charge in [0, 0.05) is 30.2 Å². The van der Waals surface area contributed by atoms with Gasteiger partial charge in [-0.1, -0.05) is 6.92 Å². The zero-order valence-corrected chi connectivity index (χ0v) is 16.2. The Morgan fingerprint density at radius 3 is 2.85 bits per heavy atom. The third kappa shape index (κ3) is 3.52. The number of anilines is 1. The van der Waals surface area contributed by atoms with Crippen molar-refractivity contribution in [1.82, 2.24) is 14.7 Å². The smallest absolute Gasteiger partial charge is 0.274 e. The van der Waals surface area contributed by atoms with Gasteiger partial charge >= 0.3 is 0 Å². The van der Waals surface area contributed by atoms with Gasteiger partial charge in [0.2, 0.25) is 0 Å². The van der Waals surface area contributed by atoms with Gasteiger partial charge in [-0.25, -0.2) is 0 Å². The maximum absolute atomic E-state index is 12.7. The van der Waals surface area contributed by atoms with E-state index >= 15 is 0 Å². The zero-order valence-electron chi connectivity index (χ0n) is 15.4. The summed E-state index contributed by atoms with van der Waals surface area (Å²) in [6, 6.07) is 1.75. The standard InChI is InChI=1S/C18H25N5O2S/c1-4-8-22-9-6-12-14(10-22)26-18(15(12)16(19)24)21-17(25)13-5-7-20-23(13)11(2)3/h5,7,11H,4,6,8-10H2,1-3H3,(H2,19,24)(H,21,25). The summed E-state index contributed by atoms with van der Waals surface area (Å²) in [5, 5.41) is 7.63. The third-order valence-corrected chi connectivity index (χ3v) is 5.67. The van der Waals surface area contributed by atoms with E-state index < -0.39 is 5.91 Å². The molecule has 0 aromatic carbocycles. The molecule has 0 aliphatic carbocycles. The van der Waals surface area contributed by atoms with Gasteiger partial charge in [-0.15, -0.1) is 11.3 Å². The third-order valence-electron chi connectivity index (χ3n) is 4.54. The summed E-state index contributed by atoms with van der Waals surface area (Å²) < 4.78 is 1.66. The fourth-order valence-electron chi connectivity index (χ4n) is 3.38. The van der Waals surface area contributed by atoms with Crippen LogP contribution in [0.3, 0.4) is 0 Å². The molecule has 3 N–H and O–H groups in total. The number of primary amides is 1. The van der Waals surface area contributed by atoms with E-state index in [1.165, 1.54) is 11.3 Å². The second-order valence-electron chi connectivity index (χ2n) is 6.81. The van der Waals surface area contributed by atoms with Crippen molar-refractivity contribution in [1.29, 1.82) is 0 Å². The van der Waals surface area contributed by atoms with Gasteiger partial charge in [-0.3, -0.25) is 19.2 Å². The molecule has 8 heteroatoms. The van der Waals surface area contributed by atoms with E-state index in [4.69, 9.17) is 5.73 Å². The lowest BCUT2D eigenvalue weighted by molar-refractivity contribution is 0.1000. The first-order valence-corrected chi connectivity index (χ1v) is 9.75. The number of hydrogen-bond donors (Lipinski definition) is 2. The summed E-state index contributed by atoms with van der Waals surface area (Å²) >= 11 is 1.46. The molecule has 1 aliphatic rings. The topological polar surface area (TPSA) is 93.2 Å². The summed E-state index contributed by atoms with van der Waals surface area (Å²) in [7, 11) is 0. The van der Waals surface area contributed by atoms with Crippen molar-refractivity contribution < 1.29 is 9.59 Å². The van der Waals surface area contributed by atoms with Gasteiger partial charge in [-0.05, 0) is 44.9 Å². The molecule has 0 bridgehead atoms. The lowest BCUT2D eigenvalue weighted by Gasteiger charge is -2.26. The fraction of sp³-hybridized carbons (Fsp3) is 0.500. The molecular formula is C18H25N5O2S. The van der Waals surface area contributed by atoms with Crippen molar-refractivity contribution in [2.75, 3.05) is 18.4 Å². The molecule has 26 heavy (non-hydrogen) atoms. The van der Waals surface area contributed by atoms with Gasteiger partial charge in [0.15, 0.2) is 0 Å². The number of aromatic nitrogens is 2. The van der Waals surface area contributed by atoms with E-state index in [0.29, 0.717) is 16.3 Å². The molecule has 0 saturated heterocycles. The number of rotatable bonds is 6. The molecule has 0 atom stereocenters. The van der Waals surface area contributed by atoms with Crippen LogP contribution in [0.2, 0.25) is 0 Å². The van der Waals surface area contributed by atoms with Crippen LogP contribution in [0.15, 0.2) is 12.3 Å². The van der Waals surface area contributed by atoms with Gasteiger partial charge < -0.3 is 11.1 Å². The summed E-state index contributed by atoms with van der Waals surface area (Å²) in [5.74, 6) is -0.762. The molecule has 2 aromatic heterocycles. The Kier molecular flexibility index (Phi) is 5.43. The quantitative estimate of drug-likeness (QED) is 0.812. The highest BCUT2D eigenvalue weighted by molar-refractivity contribution is 7.17. The van der Waals surface area contributed by atoms with Gasteiger partial charge in [0.25, 0.3) is 11.8 Å². The molecule has 1 aliphatic heterocycles. The number of nitrogens with zero attached hydrogens (tertiary/aromatic N) is 3. The summed E-state index contributed by atoms with van der Waals surface area (Å²) in [5.41, 5.74) is 7.55. The first kappa shape index (κ1) is 18.6. The highest BCUT2D eigenvalue weighted by Gasteiger charge is 2.28. The number of nitrogens with two attached hydrogens (primary N) is 1. The van der Waals surface area contributed by atoms with Gasteiger partial charge in [0.1, 0.15) is 10.7 Å². The average molecular weight is 375 g/mol. The molecular weight excluding hydrogens is 350 g/mol. The van der Waals surface area contributed by atoms with Crippen LogP contribution in [-0.2, 0) is 13.0 Å². The summed E-state index contributed by atoms with van der Waals surface area (Å²) in [6.07, 6.45) is 3.47. The maximum atomic E-state index is 12.7. The second kappa shape index (κ2) is 7.59. The van der Waals surface area contributed by atoms with Crippen LogP contribution in [0.4, 0.5) is 5.00 Å². The lowest BCUT2D eigenvalue weighted by Crippen LogP contribution is -2.31. The normalized spacial score (nSPS) is 14.5. The van der Waals surface area contributed by atoms with Gasteiger partial charge in [-0.2, -0.15) is 5.10 Å². The van der Waals surface area contributed by atoms with Crippen molar-refractivity contribution in [2.24, 2.45) is 5.73 Å². The molecule has 7 nitrogen and oxygen atoms in total. The van der Waals surface area contributed by atoms with E-state index in [0.717, 1.165) is 42.9 Å². The monoisotopic (exact) mass is 375 g/mol. The van der Waals surface area contributed by atoms with E-state index in [9.17, 15) is 9.59 Å². The van der Waals surface area contributed by atoms with Crippen molar-refractivity contribution in [3.05, 3.63) is 34.0 Å². The minimum absolute atomic E-state index is 0.0699. The number of amides is 2. The summed E-state index contributed by atoms with van der Waals surface area (Å²) in [6.45, 7) is 8.82. The Balaban J connectivity index is 1.89. The predicted octanol–water partition coefficient (Wildman–Crippen LogP) is 2.64. The van der Waals surface area contributed by atoms with Crippen LogP contribution in [0.25, 0.3) is 0 Å².